The van der Waals surface area contributed by atoms with Gasteiger partial charge in [0.15, 0.2) is 0 Å². The van der Waals surface area contributed by atoms with Crippen LogP contribution in [0.25, 0.3) is 10.9 Å². The molecule has 0 spiro atoms. The van der Waals surface area contributed by atoms with Crippen LogP contribution in [-0.2, 0) is 6.54 Å². The monoisotopic (exact) mass is 341 g/mol. The molecule has 4 heteroatoms. The molecule has 0 saturated carbocycles. The molecule has 1 N–H and O–H groups in total. The van der Waals surface area contributed by atoms with Crippen molar-refractivity contribution in [2.75, 3.05) is 0 Å². The molecule has 1 aromatic carbocycles. The Morgan fingerprint density at radius 2 is 2.00 bits per heavy atom. The van der Waals surface area contributed by atoms with E-state index in [1.54, 1.807) is 6.20 Å². The lowest BCUT2D eigenvalue weighted by Crippen LogP contribution is -2.18. The van der Waals surface area contributed by atoms with Gasteiger partial charge in [-0.05, 0) is 36.2 Å². The van der Waals surface area contributed by atoms with Crippen LogP contribution in [0.5, 0.6) is 0 Å². The van der Waals surface area contributed by atoms with Crippen LogP contribution in [0, 0.1) is 0 Å². The normalized spacial score (nSPS) is 12.5. The summed E-state index contributed by atoms with van der Waals surface area (Å²) in [5, 5.41) is 4.68. The fourth-order valence-corrected chi connectivity index (χ4v) is 2.80. The molecule has 0 unspecified atom stereocenters. The first-order valence-electron chi connectivity index (χ1n) is 6.91. The van der Waals surface area contributed by atoms with Gasteiger partial charge in [-0.3, -0.25) is 9.97 Å². The Morgan fingerprint density at radius 1 is 1.14 bits per heavy atom. The summed E-state index contributed by atoms with van der Waals surface area (Å²) in [4.78, 5) is 8.67. The van der Waals surface area contributed by atoms with E-state index in [4.69, 9.17) is 0 Å². The Kier molecular flexibility index (Phi) is 4.27. The van der Waals surface area contributed by atoms with E-state index in [2.05, 4.69) is 62.4 Å². The third-order valence-corrected chi connectivity index (χ3v) is 4.27. The molecular weight excluding hydrogens is 326 g/mol. The molecule has 0 aliphatic rings. The Labute approximate surface area is 132 Å². The Bertz CT molecular complexity index is 743. The molecule has 1 atom stereocenters. The largest absolute Gasteiger partial charge is 0.306 e. The van der Waals surface area contributed by atoms with Crippen molar-refractivity contribution >= 4 is 26.8 Å². The highest BCUT2D eigenvalue weighted by Crippen LogP contribution is 2.25. The van der Waals surface area contributed by atoms with Crippen LogP contribution in [-0.4, -0.2) is 9.97 Å². The molecule has 0 aliphatic heterocycles. The number of nitrogens with zero attached hydrogens (tertiary/aromatic N) is 2. The van der Waals surface area contributed by atoms with E-state index < -0.39 is 0 Å². The molecule has 2 aromatic heterocycles. The van der Waals surface area contributed by atoms with E-state index in [1.807, 2.05) is 24.5 Å². The predicted molar refractivity (Wildman–Crippen MR) is 88.9 cm³/mol. The van der Waals surface area contributed by atoms with Gasteiger partial charge in [-0.25, -0.2) is 0 Å². The van der Waals surface area contributed by atoms with Gasteiger partial charge in [0.2, 0.25) is 0 Å². The molecule has 0 fully saturated rings. The predicted octanol–water partition coefficient (Wildman–Crippen LogP) is 4.24. The molecule has 106 valence electrons. The Hall–Kier alpha value is -1.78. The molecule has 0 bridgehead atoms. The second kappa shape index (κ2) is 6.33. The fraction of sp³-hybridized carbons (Fsp3) is 0.176. The molecule has 0 amide bonds. The average molecular weight is 342 g/mol. The van der Waals surface area contributed by atoms with E-state index in [0.717, 1.165) is 21.9 Å². The number of nitrogens with one attached hydrogen (secondary N) is 1. The fourth-order valence-electron chi connectivity index (χ4n) is 2.35. The van der Waals surface area contributed by atoms with E-state index in [0.29, 0.717) is 0 Å². The van der Waals surface area contributed by atoms with Gasteiger partial charge in [-0.2, -0.15) is 0 Å². The van der Waals surface area contributed by atoms with Crippen molar-refractivity contribution < 1.29 is 0 Å². The lowest BCUT2D eigenvalue weighted by Gasteiger charge is -2.15. The molecule has 3 rings (SSSR count). The lowest BCUT2D eigenvalue weighted by atomic mass is 10.1. The van der Waals surface area contributed by atoms with E-state index in [-0.39, 0.29) is 6.04 Å². The van der Waals surface area contributed by atoms with Gasteiger partial charge in [0.25, 0.3) is 0 Å². The van der Waals surface area contributed by atoms with Gasteiger partial charge < -0.3 is 5.32 Å². The van der Waals surface area contributed by atoms with E-state index in [1.165, 1.54) is 11.1 Å². The summed E-state index contributed by atoms with van der Waals surface area (Å²) < 4.78 is 1.08. The van der Waals surface area contributed by atoms with Crippen molar-refractivity contribution in [1.29, 1.82) is 0 Å². The third kappa shape index (κ3) is 3.12. The van der Waals surface area contributed by atoms with Crippen LogP contribution in [0.1, 0.15) is 24.1 Å². The van der Waals surface area contributed by atoms with Crippen molar-refractivity contribution in [2.24, 2.45) is 0 Å². The second-order valence-corrected chi connectivity index (χ2v) is 5.85. The number of fused-ring (bicyclic) bond motifs is 1. The van der Waals surface area contributed by atoms with Gasteiger partial charge in [-0.15, -0.1) is 0 Å². The summed E-state index contributed by atoms with van der Waals surface area (Å²) in [6.07, 6.45) is 5.53. The number of hydrogen-bond donors (Lipinski definition) is 1. The zero-order valence-electron chi connectivity index (χ0n) is 11.8. The second-order valence-electron chi connectivity index (χ2n) is 5.00. The Morgan fingerprint density at radius 3 is 2.81 bits per heavy atom. The van der Waals surface area contributed by atoms with Gasteiger partial charge in [0.1, 0.15) is 0 Å². The number of benzene rings is 1. The van der Waals surface area contributed by atoms with Crippen molar-refractivity contribution in [3.63, 3.8) is 0 Å². The van der Waals surface area contributed by atoms with Crippen LogP contribution in [0.4, 0.5) is 0 Å². The maximum Gasteiger partial charge on any atom is 0.0758 e. The van der Waals surface area contributed by atoms with Gasteiger partial charge in [0.05, 0.1) is 5.52 Å². The van der Waals surface area contributed by atoms with E-state index in [9.17, 15) is 0 Å². The number of pyridine rings is 2. The van der Waals surface area contributed by atoms with Gasteiger partial charge in [-0.1, -0.05) is 34.1 Å². The van der Waals surface area contributed by atoms with Crippen LogP contribution >= 0.6 is 15.9 Å². The maximum absolute atomic E-state index is 4.51. The van der Waals surface area contributed by atoms with Crippen molar-refractivity contribution in [3.8, 4) is 0 Å². The van der Waals surface area contributed by atoms with Gasteiger partial charge >= 0.3 is 0 Å². The third-order valence-electron chi connectivity index (χ3n) is 3.58. The molecule has 3 nitrogen and oxygen atoms in total. The maximum atomic E-state index is 4.51. The molecular formula is C17H16BrN3. The molecule has 0 aliphatic carbocycles. The molecule has 0 radical (unpaired) electrons. The van der Waals surface area contributed by atoms with Crippen molar-refractivity contribution in [1.82, 2.24) is 15.3 Å². The quantitative estimate of drug-likeness (QED) is 0.771. The molecule has 0 saturated heterocycles. The summed E-state index contributed by atoms with van der Waals surface area (Å²) in [5.41, 5.74) is 3.43. The Balaban J connectivity index is 1.81. The van der Waals surface area contributed by atoms with Crippen LogP contribution < -0.4 is 5.32 Å². The van der Waals surface area contributed by atoms with Crippen LogP contribution in [0.3, 0.4) is 0 Å². The highest BCUT2D eigenvalue weighted by Gasteiger charge is 2.08. The SMILES string of the molecule is C[C@H](NCc1ccc(Br)c2cccnc12)c1cccnc1. The smallest absolute Gasteiger partial charge is 0.0758 e. The summed E-state index contributed by atoms with van der Waals surface area (Å²) in [6, 6.07) is 12.5. The summed E-state index contributed by atoms with van der Waals surface area (Å²) in [5.74, 6) is 0. The molecule has 21 heavy (non-hydrogen) atoms. The molecule has 2 heterocycles. The molecule has 3 aromatic rings. The lowest BCUT2D eigenvalue weighted by molar-refractivity contribution is 0.574. The van der Waals surface area contributed by atoms with Crippen LogP contribution in [0.2, 0.25) is 0 Å². The van der Waals surface area contributed by atoms with Crippen molar-refractivity contribution in [2.45, 2.75) is 19.5 Å². The van der Waals surface area contributed by atoms with E-state index >= 15 is 0 Å². The number of hydrogen-bond acceptors (Lipinski definition) is 3. The number of aromatic nitrogens is 2. The zero-order valence-corrected chi connectivity index (χ0v) is 13.3. The average Bonchev–Trinajstić information content (AvgIpc) is 2.55. The highest BCUT2D eigenvalue weighted by atomic mass is 79.9. The minimum Gasteiger partial charge on any atom is -0.306 e. The topological polar surface area (TPSA) is 37.8 Å². The minimum absolute atomic E-state index is 0.251. The van der Waals surface area contributed by atoms with Gasteiger partial charge in [0, 0.05) is 41.0 Å². The van der Waals surface area contributed by atoms with Crippen LogP contribution in [0.15, 0.2) is 59.5 Å². The first-order valence-corrected chi connectivity index (χ1v) is 7.70. The standard InChI is InChI=1S/C17H16BrN3/c1-12(13-4-2-8-19-10-13)21-11-14-6-7-16(18)15-5-3-9-20-17(14)15/h2-10,12,21H,11H2,1H3/t12-/m0/s1. The zero-order chi connectivity index (χ0) is 14.7. The first-order chi connectivity index (χ1) is 10.3. The first kappa shape index (κ1) is 14.2. The summed E-state index contributed by atoms with van der Waals surface area (Å²) >= 11 is 3.58. The number of halogens is 1. The number of rotatable bonds is 4. The summed E-state index contributed by atoms with van der Waals surface area (Å²) in [6.45, 7) is 2.92. The summed E-state index contributed by atoms with van der Waals surface area (Å²) in [7, 11) is 0. The minimum atomic E-state index is 0.251. The van der Waals surface area contributed by atoms with Crippen molar-refractivity contribution in [3.05, 3.63) is 70.6 Å². The highest BCUT2D eigenvalue weighted by molar-refractivity contribution is 9.10.